The third-order valence-electron chi connectivity index (χ3n) is 4.57. The molecule has 2 aromatic heterocycles. The summed E-state index contributed by atoms with van der Waals surface area (Å²) in [6.07, 6.45) is 4.08. The molecule has 0 spiro atoms. The number of pyridine rings is 1. The van der Waals surface area contributed by atoms with Crippen LogP contribution in [0.15, 0.2) is 77.5 Å². The third-order valence-corrected chi connectivity index (χ3v) is 5.22. The molecule has 2 N–H and O–H groups in total. The Balaban J connectivity index is 1.44. The molecule has 0 aliphatic heterocycles. The molecule has 2 heterocycles. The molecule has 166 valence electrons. The van der Waals surface area contributed by atoms with Crippen molar-refractivity contribution >= 4 is 33.3 Å². The SMILES string of the molecule is CCc1nccc(-c2cccnc2Oc2ccc(NC(=O)Nc3ccc(Br)c(F)c3)cc2)n1. The highest BCUT2D eigenvalue weighted by molar-refractivity contribution is 9.10. The van der Waals surface area contributed by atoms with Gasteiger partial charge in [-0.2, -0.15) is 0 Å². The van der Waals surface area contributed by atoms with Crippen LogP contribution in [0.25, 0.3) is 11.3 Å². The summed E-state index contributed by atoms with van der Waals surface area (Å²) in [5.41, 5.74) is 2.36. The van der Waals surface area contributed by atoms with Gasteiger partial charge in [-0.05, 0) is 76.6 Å². The monoisotopic (exact) mass is 507 g/mol. The van der Waals surface area contributed by atoms with Crippen LogP contribution < -0.4 is 15.4 Å². The summed E-state index contributed by atoms with van der Waals surface area (Å²) in [6.45, 7) is 1.99. The Morgan fingerprint density at radius 2 is 1.76 bits per heavy atom. The number of urea groups is 1. The van der Waals surface area contributed by atoms with Gasteiger partial charge in [0.2, 0.25) is 5.88 Å². The Bertz CT molecular complexity index is 1280. The molecule has 4 aromatic rings. The van der Waals surface area contributed by atoms with Gasteiger partial charge >= 0.3 is 6.03 Å². The molecule has 0 bridgehead atoms. The number of aryl methyl sites for hydroxylation is 1. The molecule has 0 unspecified atom stereocenters. The van der Waals surface area contributed by atoms with Crippen molar-refractivity contribution in [2.45, 2.75) is 13.3 Å². The van der Waals surface area contributed by atoms with Gasteiger partial charge in [-0.25, -0.2) is 24.1 Å². The third kappa shape index (κ3) is 5.69. The highest BCUT2D eigenvalue weighted by Gasteiger charge is 2.11. The lowest BCUT2D eigenvalue weighted by atomic mass is 10.2. The van der Waals surface area contributed by atoms with E-state index in [1.54, 1.807) is 42.7 Å². The number of carbonyl (C=O) groups excluding carboxylic acids is 1. The second-order valence-electron chi connectivity index (χ2n) is 6.90. The molecule has 0 aliphatic rings. The maximum absolute atomic E-state index is 13.6. The average molecular weight is 508 g/mol. The first-order valence-corrected chi connectivity index (χ1v) is 10.9. The van der Waals surface area contributed by atoms with Crippen LogP contribution >= 0.6 is 15.9 Å². The number of ether oxygens (including phenoxy) is 1. The van der Waals surface area contributed by atoms with Crippen molar-refractivity contribution in [3.05, 3.63) is 89.2 Å². The smallest absolute Gasteiger partial charge is 0.323 e. The molecule has 33 heavy (non-hydrogen) atoms. The number of amides is 2. The van der Waals surface area contributed by atoms with Crippen LogP contribution in [-0.4, -0.2) is 21.0 Å². The van der Waals surface area contributed by atoms with Gasteiger partial charge in [0, 0.05) is 30.2 Å². The number of nitrogens with zero attached hydrogens (tertiary/aromatic N) is 3. The number of rotatable bonds is 6. The van der Waals surface area contributed by atoms with Crippen LogP contribution in [0.5, 0.6) is 11.6 Å². The molecule has 0 fully saturated rings. The lowest BCUT2D eigenvalue weighted by Crippen LogP contribution is -2.19. The Labute approximate surface area is 198 Å². The van der Waals surface area contributed by atoms with Gasteiger partial charge in [0.15, 0.2) is 0 Å². The Morgan fingerprint density at radius 3 is 2.52 bits per heavy atom. The van der Waals surface area contributed by atoms with Crippen LogP contribution in [0.4, 0.5) is 20.6 Å². The summed E-state index contributed by atoms with van der Waals surface area (Å²) >= 11 is 3.08. The number of benzene rings is 2. The largest absolute Gasteiger partial charge is 0.438 e. The number of halogens is 2. The van der Waals surface area contributed by atoms with E-state index in [1.807, 2.05) is 25.1 Å². The molecule has 0 saturated heterocycles. The average Bonchev–Trinajstić information content (AvgIpc) is 2.83. The van der Waals surface area contributed by atoms with Crippen LogP contribution in [0.1, 0.15) is 12.7 Å². The van der Waals surface area contributed by atoms with E-state index < -0.39 is 11.8 Å². The van der Waals surface area contributed by atoms with E-state index in [1.165, 1.54) is 12.1 Å². The van der Waals surface area contributed by atoms with Crippen molar-refractivity contribution in [3.63, 3.8) is 0 Å². The van der Waals surface area contributed by atoms with Crippen molar-refractivity contribution in [2.75, 3.05) is 10.6 Å². The summed E-state index contributed by atoms with van der Waals surface area (Å²) in [6, 6.07) is 16.2. The quantitative estimate of drug-likeness (QED) is 0.313. The summed E-state index contributed by atoms with van der Waals surface area (Å²) < 4.78 is 19.9. The van der Waals surface area contributed by atoms with Crippen LogP contribution in [0.2, 0.25) is 0 Å². The first kappa shape index (κ1) is 22.3. The van der Waals surface area contributed by atoms with Gasteiger partial charge in [-0.1, -0.05) is 6.92 Å². The summed E-state index contributed by atoms with van der Waals surface area (Å²) in [4.78, 5) is 25.3. The van der Waals surface area contributed by atoms with E-state index in [0.29, 0.717) is 27.5 Å². The number of hydrogen-bond donors (Lipinski definition) is 2. The van der Waals surface area contributed by atoms with E-state index in [-0.39, 0.29) is 0 Å². The van der Waals surface area contributed by atoms with E-state index in [2.05, 4.69) is 41.5 Å². The number of anilines is 2. The van der Waals surface area contributed by atoms with E-state index in [9.17, 15) is 9.18 Å². The minimum atomic E-state index is -0.493. The van der Waals surface area contributed by atoms with Crippen LogP contribution in [0, 0.1) is 5.82 Å². The Hall–Kier alpha value is -3.85. The highest BCUT2D eigenvalue weighted by Crippen LogP contribution is 2.30. The summed E-state index contributed by atoms with van der Waals surface area (Å²) in [5.74, 6) is 1.23. The van der Waals surface area contributed by atoms with Gasteiger partial charge in [-0.15, -0.1) is 0 Å². The number of aromatic nitrogens is 3. The van der Waals surface area contributed by atoms with Crippen molar-refractivity contribution in [1.29, 1.82) is 0 Å². The Kier molecular flexibility index (Phi) is 6.89. The molecular weight excluding hydrogens is 489 g/mol. The van der Waals surface area contributed by atoms with E-state index in [4.69, 9.17) is 4.74 Å². The van der Waals surface area contributed by atoms with Gasteiger partial charge in [0.05, 0.1) is 15.7 Å². The van der Waals surface area contributed by atoms with Gasteiger partial charge in [0.1, 0.15) is 17.4 Å². The number of nitrogens with one attached hydrogen (secondary N) is 2. The second-order valence-corrected chi connectivity index (χ2v) is 7.76. The minimum absolute atomic E-state index is 0.325. The second kappa shape index (κ2) is 10.2. The molecule has 2 aromatic carbocycles. The minimum Gasteiger partial charge on any atom is -0.438 e. The first-order valence-electron chi connectivity index (χ1n) is 10.1. The van der Waals surface area contributed by atoms with Crippen LogP contribution in [0.3, 0.4) is 0 Å². The molecule has 0 radical (unpaired) electrons. The van der Waals surface area contributed by atoms with Crippen molar-refractivity contribution < 1.29 is 13.9 Å². The zero-order valence-electron chi connectivity index (χ0n) is 17.5. The zero-order chi connectivity index (χ0) is 23.2. The molecular formula is C24H19BrFN5O2. The summed E-state index contributed by atoms with van der Waals surface area (Å²) in [5, 5.41) is 5.28. The van der Waals surface area contributed by atoms with Gasteiger partial charge < -0.3 is 15.4 Å². The standard InChI is InChI=1S/C24H19BrFN5O2/c1-2-22-27-13-11-21(31-22)18-4-3-12-28-23(18)33-17-8-5-15(6-9-17)29-24(32)30-16-7-10-19(25)20(26)14-16/h3-14H,2H2,1H3,(H2,29,30,32). The van der Waals surface area contributed by atoms with Crippen molar-refractivity contribution in [3.8, 4) is 22.9 Å². The van der Waals surface area contributed by atoms with E-state index in [0.717, 1.165) is 23.5 Å². The predicted molar refractivity (Wildman–Crippen MR) is 128 cm³/mol. The number of hydrogen-bond acceptors (Lipinski definition) is 5. The molecule has 2 amide bonds. The van der Waals surface area contributed by atoms with Crippen LogP contribution in [-0.2, 0) is 6.42 Å². The normalized spacial score (nSPS) is 10.5. The lowest BCUT2D eigenvalue weighted by molar-refractivity contribution is 0.262. The van der Waals surface area contributed by atoms with Crippen molar-refractivity contribution in [2.24, 2.45) is 0 Å². The topological polar surface area (TPSA) is 89.0 Å². The number of carbonyl (C=O) groups is 1. The van der Waals surface area contributed by atoms with E-state index >= 15 is 0 Å². The highest BCUT2D eigenvalue weighted by atomic mass is 79.9. The molecule has 0 atom stereocenters. The maximum atomic E-state index is 13.6. The lowest BCUT2D eigenvalue weighted by Gasteiger charge is -2.11. The fraction of sp³-hybridized carbons (Fsp3) is 0.0833. The molecule has 7 nitrogen and oxygen atoms in total. The zero-order valence-corrected chi connectivity index (χ0v) is 19.1. The fourth-order valence-corrected chi connectivity index (χ4v) is 3.22. The first-order chi connectivity index (χ1) is 16.0. The Morgan fingerprint density at radius 1 is 1.00 bits per heavy atom. The summed E-state index contributed by atoms with van der Waals surface area (Å²) in [7, 11) is 0. The maximum Gasteiger partial charge on any atom is 0.323 e. The van der Waals surface area contributed by atoms with Gasteiger partial charge in [-0.3, -0.25) is 0 Å². The van der Waals surface area contributed by atoms with Gasteiger partial charge in [0.25, 0.3) is 0 Å². The molecule has 0 saturated carbocycles. The predicted octanol–water partition coefficient (Wildman–Crippen LogP) is 6.44. The molecule has 9 heteroatoms. The fourth-order valence-electron chi connectivity index (χ4n) is 2.97. The van der Waals surface area contributed by atoms with Crippen molar-refractivity contribution in [1.82, 2.24) is 15.0 Å². The molecule has 4 rings (SSSR count). The molecule has 0 aliphatic carbocycles.